The fourth-order valence-corrected chi connectivity index (χ4v) is 5.21. The number of anilines is 2. The number of allylic oxidation sites excluding steroid dienone is 1. The van der Waals surface area contributed by atoms with Gasteiger partial charge in [0.2, 0.25) is 0 Å². The minimum Gasteiger partial charge on any atom is -0.469 e. The summed E-state index contributed by atoms with van der Waals surface area (Å²) >= 11 is 6.14. The van der Waals surface area contributed by atoms with Gasteiger partial charge in [-0.05, 0) is 60.5 Å². The van der Waals surface area contributed by atoms with Gasteiger partial charge < -0.3 is 19.1 Å². The normalized spacial score (nSPS) is 19.9. The third-order valence-corrected chi connectivity index (χ3v) is 6.87. The van der Waals surface area contributed by atoms with Crippen LogP contribution in [0.15, 0.2) is 105 Å². The molecule has 1 N–H and O–H groups in total. The molecular weight excluding hydrogens is 448 g/mol. The average molecular weight is 471 g/mol. The highest BCUT2D eigenvalue weighted by atomic mass is 35.5. The summed E-state index contributed by atoms with van der Waals surface area (Å²) in [5, 5.41) is 4.31. The number of carbonyl (C=O) groups excluding carboxylic acids is 1. The number of Topliss-reactive ketones (excluding diaryl/α,β-unsaturated/α-hetero) is 1. The third kappa shape index (κ3) is 3.72. The maximum absolute atomic E-state index is 13.8. The number of hydrogen-bond acceptors (Lipinski definition) is 5. The van der Waals surface area contributed by atoms with Crippen molar-refractivity contribution in [1.29, 1.82) is 0 Å². The maximum atomic E-state index is 13.8. The molecule has 6 heteroatoms. The van der Waals surface area contributed by atoms with Crippen molar-refractivity contribution in [2.75, 3.05) is 10.2 Å². The van der Waals surface area contributed by atoms with Gasteiger partial charge in [0.15, 0.2) is 5.78 Å². The Morgan fingerprint density at radius 1 is 0.882 bits per heavy atom. The molecule has 2 aromatic heterocycles. The predicted molar refractivity (Wildman–Crippen MR) is 132 cm³/mol. The first kappa shape index (κ1) is 20.9. The highest BCUT2D eigenvalue weighted by molar-refractivity contribution is 6.30. The molecule has 3 heterocycles. The molecule has 4 aromatic rings. The van der Waals surface area contributed by atoms with Crippen molar-refractivity contribution < 1.29 is 13.6 Å². The average Bonchev–Trinajstić information content (AvgIpc) is 3.55. The predicted octanol–water partition coefficient (Wildman–Crippen LogP) is 7.10. The third-order valence-electron chi connectivity index (χ3n) is 6.62. The van der Waals surface area contributed by atoms with Crippen molar-refractivity contribution in [3.05, 3.63) is 119 Å². The van der Waals surface area contributed by atoms with Gasteiger partial charge in [-0.25, -0.2) is 0 Å². The molecule has 34 heavy (non-hydrogen) atoms. The van der Waals surface area contributed by atoms with Crippen LogP contribution in [0.4, 0.5) is 11.4 Å². The maximum Gasteiger partial charge on any atom is 0.163 e. The van der Waals surface area contributed by atoms with Gasteiger partial charge in [0.05, 0.1) is 23.9 Å². The summed E-state index contributed by atoms with van der Waals surface area (Å²) in [6.45, 7) is 0.590. The molecular formula is C28H23ClN2O3. The largest absolute Gasteiger partial charge is 0.469 e. The summed E-state index contributed by atoms with van der Waals surface area (Å²) in [7, 11) is 0. The molecule has 0 fully saturated rings. The van der Waals surface area contributed by atoms with E-state index >= 15 is 0 Å². The van der Waals surface area contributed by atoms with Crippen molar-refractivity contribution in [3.8, 4) is 0 Å². The quantitative estimate of drug-likeness (QED) is 0.344. The number of para-hydroxylation sites is 2. The highest BCUT2D eigenvalue weighted by Gasteiger charge is 2.41. The van der Waals surface area contributed by atoms with Crippen molar-refractivity contribution in [2.24, 2.45) is 0 Å². The molecule has 0 amide bonds. The lowest BCUT2D eigenvalue weighted by Crippen LogP contribution is -2.33. The second-order valence-electron chi connectivity index (χ2n) is 8.75. The fraction of sp³-hybridized carbons (Fsp3) is 0.179. The van der Waals surface area contributed by atoms with Crippen LogP contribution in [0, 0.1) is 0 Å². The van der Waals surface area contributed by atoms with Crippen LogP contribution in [0.1, 0.15) is 41.9 Å². The van der Waals surface area contributed by atoms with Crippen molar-refractivity contribution in [2.45, 2.75) is 31.3 Å². The first-order chi connectivity index (χ1) is 16.7. The second kappa shape index (κ2) is 8.58. The van der Waals surface area contributed by atoms with E-state index in [4.69, 9.17) is 20.4 Å². The minimum atomic E-state index is -0.359. The van der Waals surface area contributed by atoms with Crippen LogP contribution in [-0.4, -0.2) is 5.78 Å². The van der Waals surface area contributed by atoms with Crippen LogP contribution < -0.4 is 10.2 Å². The lowest BCUT2D eigenvalue weighted by atomic mass is 9.81. The number of fused-ring (bicyclic) bond motifs is 1. The first-order valence-electron chi connectivity index (χ1n) is 11.4. The number of halogens is 1. The summed E-state index contributed by atoms with van der Waals surface area (Å²) in [4.78, 5) is 16.0. The summed E-state index contributed by atoms with van der Waals surface area (Å²) in [5.41, 5.74) is 4.74. The molecule has 0 saturated carbocycles. The number of benzene rings is 2. The molecule has 2 unspecified atom stereocenters. The lowest BCUT2D eigenvalue weighted by Gasteiger charge is -2.34. The van der Waals surface area contributed by atoms with E-state index in [0.29, 0.717) is 24.4 Å². The van der Waals surface area contributed by atoms with E-state index in [1.165, 1.54) is 0 Å². The molecule has 5 nitrogen and oxygen atoms in total. The van der Waals surface area contributed by atoms with Crippen LogP contribution in [0.3, 0.4) is 0 Å². The Morgan fingerprint density at radius 3 is 2.35 bits per heavy atom. The Bertz CT molecular complexity index is 1340. The molecule has 6 rings (SSSR count). The van der Waals surface area contributed by atoms with E-state index in [-0.39, 0.29) is 17.7 Å². The summed E-state index contributed by atoms with van der Waals surface area (Å²) in [5.74, 6) is 1.68. The fourth-order valence-electron chi connectivity index (χ4n) is 5.08. The monoisotopic (exact) mass is 470 g/mol. The van der Waals surface area contributed by atoms with Crippen LogP contribution in [0.2, 0.25) is 5.02 Å². The number of nitrogens with one attached hydrogen (secondary N) is 1. The molecule has 1 aliphatic carbocycles. The van der Waals surface area contributed by atoms with Gasteiger partial charge in [-0.2, -0.15) is 0 Å². The Kier molecular flexibility index (Phi) is 5.27. The standard InChI is InChI=1S/C28H23ClN2O3/c29-20-11-9-18(10-12-20)17-31-23-6-2-1-5-21(23)30-22-15-19(25-7-3-13-33-25)16-24(32)27(22)28(31)26-8-4-14-34-26/h1-14,19,28,30H,15-17H2. The van der Waals surface area contributed by atoms with E-state index in [9.17, 15) is 4.79 Å². The molecule has 2 aliphatic rings. The zero-order valence-corrected chi connectivity index (χ0v) is 19.2. The Hall–Kier alpha value is -3.70. The zero-order valence-electron chi connectivity index (χ0n) is 18.4. The van der Waals surface area contributed by atoms with Crippen molar-refractivity contribution in [1.82, 2.24) is 0 Å². The Labute approximate surface area is 202 Å². The van der Waals surface area contributed by atoms with E-state index in [2.05, 4.69) is 22.3 Å². The number of nitrogens with zero attached hydrogens (tertiary/aromatic N) is 1. The van der Waals surface area contributed by atoms with E-state index in [0.717, 1.165) is 39.7 Å². The number of carbonyl (C=O) groups is 1. The van der Waals surface area contributed by atoms with Crippen LogP contribution in [-0.2, 0) is 11.3 Å². The van der Waals surface area contributed by atoms with E-state index in [1.807, 2.05) is 60.7 Å². The van der Waals surface area contributed by atoms with Crippen LogP contribution in [0.5, 0.6) is 0 Å². The van der Waals surface area contributed by atoms with Gasteiger partial charge in [-0.3, -0.25) is 4.79 Å². The molecule has 0 saturated heterocycles. The highest BCUT2D eigenvalue weighted by Crippen LogP contribution is 2.47. The number of ketones is 1. The topological polar surface area (TPSA) is 58.6 Å². The Morgan fingerprint density at radius 2 is 1.62 bits per heavy atom. The molecule has 170 valence electrons. The SMILES string of the molecule is O=C1CC(c2ccco2)CC2=C1C(c1ccco1)N(Cc1ccc(Cl)cc1)c1ccccc1N2. The molecule has 0 spiro atoms. The minimum absolute atomic E-state index is 0.000906. The number of hydrogen-bond donors (Lipinski definition) is 1. The molecule has 2 aromatic carbocycles. The smallest absolute Gasteiger partial charge is 0.163 e. The van der Waals surface area contributed by atoms with E-state index < -0.39 is 0 Å². The van der Waals surface area contributed by atoms with Gasteiger partial charge >= 0.3 is 0 Å². The van der Waals surface area contributed by atoms with Gasteiger partial charge in [-0.1, -0.05) is 35.9 Å². The Balaban J connectivity index is 1.51. The molecule has 0 radical (unpaired) electrons. The van der Waals surface area contributed by atoms with Gasteiger partial charge in [0, 0.05) is 35.2 Å². The summed E-state index contributed by atoms with van der Waals surface area (Å²) < 4.78 is 11.6. The zero-order chi connectivity index (χ0) is 23.1. The number of rotatable bonds is 4. The lowest BCUT2D eigenvalue weighted by molar-refractivity contribution is -0.116. The summed E-state index contributed by atoms with van der Waals surface area (Å²) in [6, 6.07) is 23.3. The van der Waals surface area contributed by atoms with Crippen molar-refractivity contribution >= 4 is 28.8 Å². The first-order valence-corrected chi connectivity index (χ1v) is 11.8. The van der Waals surface area contributed by atoms with Gasteiger partial charge in [0.25, 0.3) is 0 Å². The van der Waals surface area contributed by atoms with Crippen LogP contribution >= 0.6 is 11.6 Å². The van der Waals surface area contributed by atoms with E-state index in [1.54, 1.807) is 12.5 Å². The molecule has 0 bridgehead atoms. The van der Waals surface area contributed by atoms with Gasteiger partial charge in [0.1, 0.15) is 17.6 Å². The van der Waals surface area contributed by atoms with Crippen LogP contribution in [0.25, 0.3) is 0 Å². The molecule has 1 aliphatic heterocycles. The second-order valence-corrected chi connectivity index (χ2v) is 9.19. The van der Waals surface area contributed by atoms with Crippen molar-refractivity contribution in [3.63, 3.8) is 0 Å². The van der Waals surface area contributed by atoms with Gasteiger partial charge in [-0.15, -0.1) is 0 Å². The molecule has 2 atom stereocenters. The summed E-state index contributed by atoms with van der Waals surface area (Å²) in [6.07, 6.45) is 4.42. The number of furan rings is 2.